The van der Waals surface area contributed by atoms with Crippen molar-refractivity contribution < 1.29 is 22.8 Å². The number of halogens is 3. The van der Waals surface area contributed by atoms with E-state index < -0.39 is 35.4 Å². The lowest BCUT2D eigenvalue weighted by Gasteiger charge is -2.23. The van der Waals surface area contributed by atoms with Gasteiger partial charge in [0.15, 0.2) is 0 Å². The molecule has 1 saturated heterocycles. The van der Waals surface area contributed by atoms with Gasteiger partial charge in [-0.05, 0) is 0 Å². The molecule has 0 bridgehead atoms. The van der Waals surface area contributed by atoms with E-state index in [1.165, 1.54) is 0 Å². The highest BCUT2D eigenvalue weighted by atomic mass is 32.1. The summed E-state index contributed by atoms with van der Waals surface area (Å²) in [5.41, 5.74) is 4.95. The van der Waals surface area contributed by atoms with Gasteiger partial charge >= 0.3 is 6.18 Å². The van der Waals surface area contributed by atoms with Gasteiger partial charge in [0.25, 0.3) is 0 Å². The molecule has 0 spiro atoms. The van der Waals surface area contributed by atoms with Crippen LogP contribution >= 0.6 is 12.2 Å². The van der Waals surface area contributed by atoms with Crippen LogP contribution in [0.5, 0.6) is 0 Å². The second-order valence-corrected chi connectivity index (χ2v) is 3.87. The normalized spacial score (nSPS) is 19.1. The van der Waals surface area contributed by atoms with E-state index in [0.717, 1.165) is 0 Å². The zero-order valence-electron chi connectivity index (χ0n) is 8.08. The Morgan fingerprint density at radius 1 is 1.38 bits per heavy atom. The molecule has 8 heteroatoms. The summed E-state index contributed by atoms with van der Waals surface area (Å²) in [6.45, 7) is -0.809. The molecule has 0 aromatic heterocycles. The Hall–Kier alpha value is -1.18. The molecule has 0 aromatic rings. The van der Waals surface area contributed by atoms with Crippen molar-refractivity contribution in [1.82, 2.24) is 4.90 Å². The molecule has 0 aliphatic carbocycles. The van der Waals surface area contributed by atoms with E-state index in [9.17, 15) is 22.8 Å². The van der Waals surface area contributed by atoms with Gasteiger partial charge in [-0.2, -0.15) is 13.2 Å². The minimum absolute atomic E-state index is 0.0548. The molecular formula is C8H9F3N2O2S. The second-order valence-electron chi connectivity index (χ2n) is 3.39. The third-order valence-electron chi connectivity index (χ3n) is 2.26. The Morgan fingerprint density at radius 3 is 2.12 bits per heavy atom. The molecule has 0 radical (unpaired) electrons. The van der Waals surface area contributed by atoms with Crippen LogP contribution in [0.1, 0.15) is 12.8 Å². The summed E-state index contributed by atoms with van der Waals surface area (Å²) < 4.78 is 37.4. The lowest BCUT2D eigenvalue weighted by Crippen LogP contribution is -2.45. The molecule has 1 unspecified atom stereocenters. The van der Waals surface area contributed by atoms with E-state index in [1.807, 2.05) is 0 Å². The van der Waals surface area contributed by atoms with Crippen molar-refractivity contribution in [3.05, 3.63) is 0 Å². The van der Waals surface area contributed by atoms with Gasteiger partial charge in [0.2, 0.25) is 11.8 Å². The van der Waals surface area contributed by atoms with E-state index in [2.05, 4.69) is 12.2 Å². The van der Waals surface area contributed by atoms with E-state index in [-0.39, 0.29) is 12.8 Å². The number of amides is 2. The number of nitrogens with two attached hydrogens (primary N) is 1. The summed E-state index contributed by atoms with van der Waals surface area (Å²) in [6.07, 6.45) is -4.75. The number of rotatable bonds is 3. The Kier molecular flexibility index (Phi) is 3.51. The van der Waals surface area contributed by atoms with E-state index >= 15 is 0 Å². The predicted octanol–water partition coefficient (Wildman–Crippen LogP) is 0.600. The largest absolute Gasteiger partial charge is 0.399 e. The first-order valence-electron chi connectivity index (χ1n) is 4.42. The lowest BCUT2D eigenvalue weighted by molar-refractivity contribution is -0.163. The molecule has 1 fully saturated rings. The van der Waals surface area contributed by atoms with Crippen LogP contribution < -0.4 is 5.73 Å². The fourth-order valence-electron chi connectivity index (χ4n) is 1.36. The molecule has 1 atom stereocenters. The topological polar surface area (TPSA) is 63.4 Å². The minimum Gasteiger partial charge on any atom is -0.393 e. The Balaban J connectivity index is 2.80. The van der Waals surface area contributed by atoms with Crippen LogP contribution in [0, 0.1) is 5.92 Å². The molecule has 1 aliphatic heterocycles. The summed E-state index contributed by atoms with van der Waals surface area (Å²) in [4.78, 5) is 22.0. The first-order chi connectivity index (χ1) is 7.23. The molecular weight excluding hydrogens is 245 g/mol. The van der Waals surface area contributed by atoms with Gasteiger partial charge in [-0.3, -0.25) is 14.5 Å². The number of nitrogens with zero attached hydrogens (tertiary/aromatic N) is 1. The molecule has 4 nitrogen and oxygen atoms in total. The maximum absolute atomic E-state index is 12.5. The van der Waals surface area contributed by atoms with Gasteiger partial charge < -0.3 is 5.73 Å². The smallest absolute Gasteiger partial charge is 0.393 e. The number of thiocarbonyl (C=S) groups is 1. The minimum atomic E-state index is -4.64. The maximum Gasteiger partial charge on any atom is 0.399 e. The molecule has 0 aromatic carbocycles. The van der Waals surface area contributed by atoms with E-state index in [0.29, 0.717) is 4.90 Å². The van der Waals surface area contributed by atoms with E-state index in [4.69, 9.17) is 5.73 Å². The average molecular weight is 254 g/mol. The van der Waals surface area contributed by atoms with Gasteiger partial charge in [0.05, 0.1) is 4.99 Å². The highest BCUT2D eigenvalue weighted by Gasteiger charge is 2.45. The molecule has 2 amide bonds. The third-order valence-corrected chi connectivity index (χ3v) is 2.54. The van der Waals surface area contributed by atoms with Gasteiger partial charge in [0, 0.05) is 19.4 Å². The summed E-state index contributed by atoms with van der Waals surface area (Å²) in [5, 5.41) is 0. The maximum atomic E-state index is 12.5. The first-order valence-corrected chi connectivity index (χ1v) is 4.83. The van der Waals surface area contributed by atoms with Gasteiger partial charge in [-0.15, -0.1) is 0 Å². The fourth-order valence-corrected chi connectivity index (χ4v) is 1.57. The number of imide groups is 1. The van der Waals surface area contributed by atoms with Crippen molar-refractivity contribution in [2.75, 3.05) is 6.54 Å². The lowest BCUT2D eigenvalue weighted by atomic mass is 10.1. The van der Waals surface area contributed by atoms with Gasteiger partial charge in [-0.1, -0.05) is 12.2 Å². The SMILES string of the molecule is NC(=S)C(CN1C(=O)CCC1=O)C(F)(F)F. The summed E-state index contributed by atoms with van der Waals surface area (Å²) in [6, 6.07) is 0. The zero-order valence-corrected chi connectivity index (χ0v) is 8.90. The number of hydrogen-bond donors (Lipinski definition) is 1. The molecule has 1 rings (SSSR count). The predicted molar refractivity (Wildman–Crippen MR) is 52.3 cm³/mol. The van der Waals surface area contributed by atoms with Crippen LogP contribution in [0.15, 0.2) is 0 Å². The van der Waals surface area contributed by atoms with Crippen LogP contribution in [-0.2, 0) is 9.59 Å². The number of alkyl halides is 3. The Morgan fingerprint density at radius 2 is 1.81 bits per heavy atom. The van der Waals surface area contributed by atoms with Crippen molar-refractivity contribution in [2.24, 2.45) is 11.7 Å². The number of likely N-dealkylation sites (tertiary alicyclic amines) is 1. The molecule has 2 N–H and O–H groups in total. The van der Waals surface area contributed by atoms with E-state index in [1.54, 1.807) is 0 Å². The standard InChI is InChI=1S/C8H9F3N2O2S/c9-8(10,11)4(7(12)16)3-13-5(14)1-2-6(13)15/h4H,1-3H2,(H2,12,16). The van der Waals surface area contributed by atoms with Crippen LogP contribution in [-0.4, -0.2) is 34.4 Å². The number of carbonyl (C=O) groups is 2. The van der Waals surface area contributed by atoms with Crippen molar-refractivity contribution >= 4 is 29.0 Å². The summed E-state index contributed by atoms with van der Waals surface area (Å²) >= 11 is 4.29. The van der Waals surface area contributed by atoms with Crippen molar-refractivity contribution in [3.8, 4) is 0 Å². The van der Waals surface area contributed by atoms with Crippen LogP contribution in [0.4, 0.5) is 13.2 Å². The number of carbonyl (C=O) groups excluding carboxylic acids is 2. The quantitative estimate of drug-likeness (QED) is 0.591. The third kappa shape index (κ3) is 2.69. The zero-order chi connectivity index (χ0) is 12.5. The summed E-state index contributed by atoms with van der Waals surface area (Å²) in [7, 11) is 0. The van der Waals surface area contributed by atoms with Crippen molar-refractivity contribution in [2.45, 2.75) is 19.0 Å². The number of hydrogen-bond acceptors (Lipinski definition) is 3. The molecule has 90 valence electrons. The Labute approximate surface area is 94.6 Å². The average Bonchev–Trinajstić information content (AvgIpc) is 2.40. The van der Waals surface area contributed by atoms with Gasteiger partial charge in [0.1, 0.15) is 5.92 Å². The molecule has 1 heterocycles. The van der Waals surface area contributed by atoms with Crippen LogP contribution in [0.2, 0.25) is 0 Å². The first kappa shape index (κ1) is 12.9. The van der Waals surface area contributed by atoms with Gasteiger partial charge in [-0.25, -0.2) is 0 Å². The molecule has 1 aliphatic rings. The van der Waals surface area contributed by atoms with Crippen molar-refractivity contribution in [1.29, 1.82) is 0 Å². The highest BCUT2D eigenvalue weighted by molar-refractivity contribution is 7.80. The fraction of sp³-hybridized carbons (Fsp3) is 0.625. The monoisotopic (exact) mass is 254 g/mol. The van der Waals surface area contributed by atoms with Crippen LogP contribution in [0.3, 0.4) is 0 Å². The highest BCUT2D eigenvalue weighted by Crippen LogP contribution is 2.28. The molecule has 16 heavy (non-hydrogen) atoms. The molecule has 0 saturated carbocycles. The second kappa shape index (κ2) is 4.36. The van der Waals surface area contributed by atoms with Crippen molar-refractivity contribution in [3.63, 3.8) is 0 Å². The van der Waals surface area contributed by atoms with Crippen LogP contribution in [0.25, 0.3) is 0 Å². The Bertz CT molecular complexity index is 327. The summed E-state index contributed by atoms with van der Waals surface area (Å²) in [5.74, 6) is -3.36.